The van der Waals surface area contributed by atoms with Crippen molar-refractivity contribution < 1.29 is 9.59 Å². The van der Waals surface area contributed by atoms with Gasteiger partial charge in [0.1, 0.15) is 0 Å². The first kappa shape index (κ1) is 17.8. The van der Waals surface area contributed by atoms with Crippen LogP contribution in [0.15, 0.2) is 30.3 Å². The van der Waals surface area contributed by atoms with E-state index >= 15 is 0 Å². The lowest BCUT2D eigenvalue weighted by Crippen LogP contribution is -2.54. The third-order valence-electron chi connectivity index (χ3n) is 4.80. The number of hydrogen-bond donors (Lipinski definition) is 0. The normalized spacial score (nSPS) is 18.7. The molecule has 25 heavy (non-hydrogen) atoms. The molecule has 3 amide bonds. The summed E-state index contributed by atoms with van der Waals surface area (Å²) in [5.41, 5.74) is 0.830. The molecule has 0 aromatic heterocycles. The summed E-state index contributed by atoms with van der Waals surface area (Å²) in [5.74, 6) is -0.0370. The van der Waals surface area contributed by atoms with Crippen molar-refractivity contribution in [2.24, 2.45) is 0 Å². The fraction of sp³-hybridized carbons (Fsp3) is 0.474. The van der Waals surface area contributed by atoms with E-state index in [1.165, 1.54) is 6.42 Å². The zero-order chi connectivity index (χ0) is 17.6. The summed E-state index contributed by atoms with van der Waals surface area (Å²) < 4.78 is 0. The number of likely N-dealkylation sites (tertiary alicyclic amines) is 1. The van der Waals surface area contributed by atoms with Gasteiger partial charge in [-0.15, -0.1) is 0 Å². The summed E-state index contributed by atoms with van der Waals surface area (Å²) >= 11 is 6.10. The lowest BCUT2D eigenvalue weighted by Gasteiger charge is -2.38. The number of hydrogen-bond acceptors (Lipinski definition) is 2. The molecule has 1 aromatic rings. The Labute approximate surface area is 153 Å². The fourth-order valence-corrected chi connectivity index (χ4v) is 3.48. The maximum Gasteiger partial charge on any atom is 0.320 e. The second-order valence-electron chi connectivity index (χ2n) is 6.50. The van der Waals surface area contributed by atoms with Crippen molar-refractivity contribution in [3.63, 3.8) is 0 Å². The third-order valence-corrected chi connectivity index (χ3v) is 5.14. The number of rotatable bonds is 2. The maximum absolute atomic E-state index is 12.5. The molecule has 2 saturated heterocycles. The molecule has 0 radical (unpaired) electrons. The summed E-state index contributed by atoms with van der Waals surface area (Å²) in [6.07, 6.45) is 6.71. The molecule has 0 aliphatic carbocycles. The Morgan fingerprint density at radius 2 is 1.44 bits per heavy atom. The van der Waals surface area contributed by atoms with E-state index in [9.17, 15) is 9.59 Å². The Bertz CT molecular complexity index is 648. The van der Waals surface area contributed by atoms with Gasteiger partial charge in [0.25, 0.3) is 0 Å². The molecule has 2 aliphatic rings. The van der Waals surface area contributed by atoms with Crippen LogP contribution in [0.3, 0.4) is 0 Å². The Hall–Kier alpha value is -2.01. The van der Waals surface area contributed by atoms with E-state index in [4.69, 9.17) is 11.6 Å². The molecule has 6 heteroatoms. The van der Waals surface area contributed by atoms with Crippen molar-refractivity contribution in [2.45, 2.75) is 19.3 Å². The number of piperidine rings is 1. The molecule has 0 N–H and O–H groups in total. The average Bonchev–Trinajstić information content (AvgIpc) is 2.67. The van der Waals surface area contributed by atoms with Crippen LogP contribution in [0, 0.1) is 0 Å². The number of nitrogens with zero attached hydrogens (tertiary/aromatic N) is 3. The second-order valence-corrected chi connectivity index (χ2v) is 6.90. The summed E-state index contributed by atoms with van der Waals surface area (Å²) in [7, 11) is 0. The smallest absolute Gasteiger partial charge is 0.320 e. The molecule has 0 unspecified atom stereocenters. The van der Waals surface area contributed by atoms with Crippen LogP contribution in [0.1, 0.15) is 24.8 Å². The minimum Gasteiger partial charge on any atom is -0.336 e. The Kier molecular flexibility index (Phi) is 5.97. The number of urea groups is 1. The SMILES string of the molecule is O=C(/C=C/c1ccccc1Cl)N1CCN(C(=O)N2CCCCC2)CC1. The molecule has 2 fully saturated rings. The van der Waals surface area contributed by atoms with Crippen LogP contribution < -0.4 is 0 Å². The number of carbonyl (C=O) groups excluding carboxylic acids is 2. The molecular weight excluding hydrogens is 338 g/mol. The monoisotopic (exact) mass is 361 g/mol. The molecule has 3 rings (SSSR count). The van der Waals surface area contributed by atoms with Gasteiger partial charge in [0, 0.05) is 50.4 Å². The van der Waals surface area contributed by atoms with Gasteiger partial charge in [0.05, 0.1) is 0 Å². The molecule has 2 heterocycles. The number of amides is 3. The minimum absolute atomic E-state index is 0.0370. The van der Waals surface area contributed by atoms with E-state index in [-0.39, 0.29) is 11.9 Å². The Morgan fingerprint density at radius 1 is 0.840 bits per heavy atom. The fourth-order valence-electron chi connectivity index (χ4n) is 3.28. The van der Waals surface area contributed by atoms with Gasteiger partial charge in [-0.1, -0.05) is 29.8 Å². The third kappa shape index (κ3) is 4.54. The molecular formula is C19H24ClN3O2. The number of piperazine rings is 1. The van der Waals surface area contributed by atoms with Crippen molar-refractivity contribution in [3.05, 3.63) is 40.9 Å². The first-order valence-electron chi connectivity index (χ1n) is 8.90. The van der Waals surface area contributed by atoms with E-state index in [2.05, 4.69) is 0 Å². The highest BCUT2D eigenvalue weighted by Gasteiger charge is 2.27. The summed E-state index contributed by atoms with van der Waals surface area (Å²) in [4.78, 5) is 30.4. The lowest BCUT2D eigenvalue weighted by atomic mass is 10.1. The van der Waals surface area contributed by atoms with E-state index in [1.54, 1.807) is 23.1 Å². The van der Waals surface area contributed by atoms with E-state index in [1.807, 2.05) is 28.0 Å². The van der Waals surface area contributed by atoms with Crippen molar-refractivity contribution in [2.75, 3.05) is 39.3 Å². The zero-order valence-electron chi connectivity index (χ0n) is 14.4. The van der Waals surface area contributed by atoms with Crippen molar-refractivity contribution in [3.8, 4) is 0 Å². The van der Waals surface area contributed by atoms with Gasteiger partial charge in [-0.05, 0) is 37.0 Å². The van der Waals surface area contributed by atoms with Crippen LogP contribution in [0.2, 0.25) is 5.02 Å². The summed E-state index contributed by atoms with van der Waals surface area (Å²) in [6, 6.07) is 7.55. The molecule has 2 aliphatic heterocycles. The predicted octanol–water partition coefficient (Wildman–Crippen LogP) is 3.10. The summed E-state index contributed by atoms with van der Waals surface area (Å²) in [6.45, 7) is 4.07. The number of halogens is 1. The highest BCUT2D eigenvalue weighted by Crippen LogP contribution is 2.17. The minimum atomic E-state index is -0.0370. The maximum atomic E-state index is 12.5. The van der Waals surface area contributed by atoms with Crippen LogP contribution in [-0.4, -0.2) is 65.9 Å². The first-order chi connectivity index (χ1) is 12.1. The Balaban J connectivity index is 1.50. The van der Waals surface area contributed by atoms with E-state index < -0.39 is 0 Å². The standard InChI is InChI=1S/C19H24ClN3O2/c20-17-7-3-2-6-16(17)8-9-18(24)21-12-14-23(15-13-21)19(25)22-10-4-1-5-11-22/h2-3,6-9H,1,4-5,10-15H2/b9-8+. The molecule has 134 valence electrons. The van der Waals surface area contributed by atoms with Gasteiger partial charge < -0.3 is 14.7 Å². The average molecular weight is 362 g/mol. The lowest BCUT2D eigenvalue weighted by molar-refractivity contribution is -0.127. The van der Waals surface area contributed by atoms with Crippen LogP contribution in [0.4, 0.5) is 4.79 Å². The zero-order valence-corrected chi connectivity index (χ0v) is 15.1. The molecule has 5 nitrogen and oxygen atoms in total. The van der Waals surface area contributed by atoms with Crippen LogP contribution in [0.25, 0.3) is 6.08 Å². The largest absolute Gasteiger partial charge is 0.336 e. The molecule has 0 spiro atoms. The summed E-state index contributed by atoms with van der Waals surface area (Å²) in [5, 5.41) is 0.628. The molecule has 0 saturated carbocycles. The van der Waals surface area contributed by atoms with Crippen molar-refractivity contribution in [1.29, 1.82) is 0 Å². The highest BCUT2D eigenvalue weighted by molar-refractivity contribution is 6.32. The van der Waals surface area contributed by atoms with Gasteiger partial charge in [0.15, 0.2) is 0 Å². The van der Waals surface area contributed by atoms with Gasteiger partial charge in [-0.3, -0.25) is 4.79 Å². The highest BCUT2D eigenvalue weighted by atomic mass is 35.5. The second kappa shape index (κ2) is 8.39. The van der Waals surface area contributed by atoms with Crippen molar-refractivity contribution in [1.82, 2.24) is 14.7 Å². The molecule has 1 aromatic carbocycles. The van der Waals surface area contributed by atoms with Gasteiger partial charge in [-0.2, -0.15) is 0 Å². The number of carbonyl (C=O) groups is 2. The van der Waals surface area contributed by atoms with E-state index in [0.717, 1.165) is 31.5 Å². The quantitative estimate of drug-likeness (QED) is 0.760. The van der Waals surface area contributed by atoms with Crippen LogP contribution in [0.5, 0.6) is 0 Å². The van der Waals surface area contributed by atoms with Gasteiger partial charge in [-0.25, -0.2) is 4.79 Å². The van der Waals surface area contributed by atoms with Gasteiger partial charge >= 0.3 is 6.03 Å². The van der Waals surface area contributed by atoms with E-state index in [0.29, 0.717) is 31.2 Å². The molecule has 0 atom stereocenters. The topological polar surface area (TPSA) is 43.9 Å². The van der Waals surface area contributed by atoms with Crippen LogP contribution in [-0.2, 0) is 4.79 Å². The first-order valence-corrected chi connectivity index (χ1v) is 9.28. The number of benzene rings is 1. The molecule has 0 bridgehead atoms. The van der Waals surface area contributed by atoms with Crippen molar-refractivity contribution >= 4 is 29.6 Å². The van der Waals surface area contributed by atoms with Crippen LogP contribution >= 0.6 is 11.6 Å². The van der Waals surface area contributed by atoms with Gasteiger partial charge in [0.2, 0.25) is 5.91 Å². The Morgan fingerprint density at radius 3 is 2.12 bits per heavy atom. The predicted molar refractivity (Wildman–Crippen MR) is 99.5 cm³/mol.